The van der Waals surface area contributed by atoms with Crippen molar-refractivity contribution < 1.29 is 8.83 Å². The predicted octanol–water partition coefficient (Wildman–Crippen LogP) is 11.5. The van der Waals surface area contributed by atoms with Gasteiger partial charge in [-0.2, -0.15) is 0 Å². The Bertz CT molecular complexity index is 2960. The molecule has 0 atom stereocenters. The van der Waals surface area contributed by atoms with Gasteiger partial charge in [-0.15, -0.1) is 0 Å². The monoisotopic (exact) mass is 613 g/mol. The Morgan fingerprint density at radius 2 is 0.958 bits per heavy atom. The van der Waals surface area contributed by atoms with Crippen LogP contribution < -0.4 is 0 Å². The molecule has 0 aliphatic heterocycles. The molecule has 0 radical (unpaired) electrons. The third kappa shape index (κ3) is 3.58. The molecule has 5 heteroatoms. The zero-order valence-electron chi connectivity index (χ0n) is 25.4. The molecule has 7 aromatic carbocycles. The lowest BCUT2D eigenvalue weighted by molar-refractivity contribution is 0.669. The lowest BCUT2D eigenvalue weighted by Crippen LogP contribution is -2.00. The number of para-hydroxylation sites is 1. The first-order chi connectivity index (χ1) is 23.8. The van der Waals surface area contributed by atoms with Crippen LogP contribution in [0.1, 0.15) is 0 Å². The zero-order chi connectivity index (χ0) is 31.3. The molecule has 0 unspecified atom stereocenters. The van der Waals surface area contributed by atoms with E-state index in [0.29, 0.717) is 17.5 Å². The van der Waals surface area contributed by atoms with Crippen molar-refractivity contribution in [2.45, 2.75) is 0 Å². The molecule has 1 aliphatic carbocycles. The van der Waals surface area contributed by atoms with E-state index in [1.165, 1.54) is 27.6 Å². The van der Waals surface area contributed by atoms with Crippen LogP contribution in [0.25, 0.3) is 111 Å². The summed E-state index contributed by atoms with van der Waals surface area (Å²) in [6.07, 6.45) is 0. The Balaban J connectivity index is 1.13. The molecule has 0 saturated carbocycles. The highest BCUT2D eigenvalue weighted by Gasteiger charge is 2.25. The summed E-state index contributed by atoms with van der Waals surface area (Å²) in [4.78, 5) is 15.0. The Morgan fingerprint density at radius 3 is 1.81 bits per heavy atom. The van der Waals surface area contributed by atoms with Gasteiger partial charge in [0.25, 0.3) is 0 Å². The van der Waals surface area contributed by atoms with Gasteiger partial charge >= 0.3 is 0 Å². The SMILES string of the molecule is c1ccc(-c2nc(-c3ccc4c(c3)oc3ccccc34)nc(-c3ccc4oc5c6cccc7c6c(cc5c4c3)-c3ccccc3-7)n2)cc1. The third-order valence-corrected chi connectivity index (χ3v) is 9.66. The molecule has 0 bridgehead atoms. The maximum Gasteiger partial charge on any atom is 0.164 e. The lowest BCUT2D eigenvalue weighted by atomic mass is 9.99. The largest absolute Gasteiger partial charge is 0.456 e. The van der Waals surface area contributed by atoms with Gasteiger partial charge in [0.1, 0.15) is 22.3 Å². The van der Waals surface area contributed by atoms with Crippen molar-refractivity contribution in [1.29, 1.82) is 0 Å². The zero-order valence-corrected chi connectivity index (χ0v) is 25.4. The van der Waals surface area contributed by atoms with Crippen molar-refractivity contribution in [2.75, 3.05) is 0 Å². The van der Waals surface area contributed by atoms with Crippen LogP contribution in [0.3, 0.4) is 0 Å². The van der Waals surface area contributed by atoms with E-state index in [1.54, 1.807) is 0 Å². The Labute approximate surface area is 273 Å². The van der Waals surface area contributed by atoms with E-state index in [-0.39, 0.29) is 0 Å². The molecule has 10 aromatic rings. The number of nitrogens with zero attached hydrogens (tertiary/aromatic N) is 3. The van der Waals surface area contributed by atoms with Gasteiger partial charge in [0.15, 0.2) is 17.5 Å². The molecule has 5 nitrogen and oxygen atoms in total. The summed E-state index contributed by atoms with van der Waals surface area (Å²) in [6.45, 7) is 0. The minimum atomic E-state index is 0.585. The second-order valence-corrected chi connectivity index (χ2v) is 12.4. The molecule has 1 aliphatic rings. The first-order valence-electron chi connectivity index (χ1n) is 16.0. The van der Waals surface area contributed by atoms with Crippen LogP contribution in [0, 0.1) is 0 Å². The fourth-order valence-electron chi connectivity index (χ4n) is 7.45. The van der Waals surface area contributed by atoms with E-state index in [4.69, 9.17) is 23.8 Å². The number of rotatable bonds is 3. The Kier molecular flexibility index (Phi) is 5.05. The number of hydrogen-bond acceptors (Lipinski definition) is 5. The van der Waals surface area contributed by atoms with Gasteiger partial charge in [0, 0.05) is 49.0 Å². The predicted molar refractivity (Wildman–Crippen MR) is 193 cm³/mol. The number of aromatic nitrogens is 3. The van der Waals surface area contributed by atoms with Crippen molar-refractivity contribution in [2.24, 2.45) is 0 Å². The van der Waals surface area contributed by atoms with Crippen molar-refractivity contribution in [3.63, 3.8) is 0 Å². The van der Waals surface area contributed by atoms with Crippen molar-refractivity contribution in [1.82, 2.24) is 15.0 Å². The van der Waals surface area contributed by atoms with Crippen LogP contribution >= 0.6 is 0 Å². The summed E-state index contributed by atoms with van der Waals surface area (Å²) >= 11 is 0. The van der Waals surface area contributed by atoms with Gasteiger partial charge in [-0.25, -0.2) is 15.0 Å². The Hall–Kier alpha value is -6.59. The van der Waals surface area contributed by atoms with E-state index in [9.17, 15) is 0 Å². The topological polar surface area (TPSA) is 65.0 Å². The van der Waals surface area contributed by atoms with Crippen molar-refractivity contribution >= 4 is 54.6 Å². The van der Waals surface area contributed by atoms with E-state index >= 15 is 0 Å². The summed E-state index contributed by atoms with van der Waals surface area (Å²) in [5, 5.41) is 6.64. The molecule has 3 aromatic heterocycles. The van der Waals surface area contributed by atoms with Crippen molar-refractivity contribution in [3.05, 3.63) is 140 Å². The Morgan fingerprint density at radius 1 is 0.333 bits per heavy atom. The summed E-state index contributed by atoms with van der Waals surface area (Å²) in [6, 6.07) is 48.0. The van der Waals surface area contributed by atoms with E-state index in [0.717, 1.165) is 66.0 Å². The second kappa shape index (κ2) is 9.47. The van der Waals surface area contributed by atoms with Crippen LogP contribution in [0.5, 0.6) is 0 Å². The normalized spacial score (nSPS) is 12.2. The fraction of sp³-hybridized carbons (Fsp3) is 0. The summed E-state index contributed by atoms with van der Waals surface area (Å²) in [5.41, 5.74) is 11.1. The molecular formula is C43H23N3O2. The molecule has 48 heavy (non-hydrogen) atoms. The van der Waals surface area contributed by atoms with Crippen molar-refractivity contribution in [3.8, 4) is 56.4 Å². The van der Waals surface area contributed by atoms with Gasteiger partial charge in [-0.05, 0) is 64.7 Å². The standard InChI is InChI=1S/C43H23N3O2/c1-2-9-24(10-3-1)41-44-42(46-43(45-41)26-17-19-30-29-13-6-7-16-36(29)47-38(30)22-26)25-18-20-37-33(21-25)35-23-34-28-12-5-4-11-27(28)31-14-8-15-32(39(31)34)40(35)48-37/h1-23H. The quantitative estimate of drug-likeness (QED) is 0.198. The molecule has 0 fully saturated rings. The van der Waals surface area contributed by atoms with E-state index < -0.39 is 0 Å². The maximum atomic E-state index is 6.58. The van der Waals surface area contributed by atoms with Crippen LogP contribution in [0.15, 0.2) is 148 Å². The number of furan rings is 2. The molecule has 0 N–H and O–H groups in total. The second-order valence-electron chi connectivity index (χ2n) is 12.4. The number of hydrogen-bond donors (Lipinski definition) is 0. The smallest absolute Gasteiger partial charge is 0.164 e. The minimum Gasteiger partial charge on any atom is -0.456 e. The fourth-order valence-corrected chi connectivity index (χ4v) is 7.45. The average Bonchev–Trinajstić information content (AvgIpc) is 3.82. The van der Waals surface area contributed by atoms with Gasteiger partial charge in [0.05, 0.1) is 0 Å². The highest BCUT2D eigenvalue weighted by molar-refractivity contribution is 6.26. The molecular weight excluding hydrogens is 590 g/mol. The minimum absolute atomic E-state index is 0.585. The van der Waals surface area contributed by atoms with E-state index in [1.807, 2.05) is 66.7 Å². The van der Waals surface area contributed by atoms with Crippen LogP contribution in [0.4, 0.5) is 0 Å². The number of benzene rings is 7. The molecule has 3 heterocycles. The molecule has 0 amide bonds. The van der Waals surface area contributed by atoms with Gasteiger partial charge in [-0.1, -0.05) is 97.1 Å². The summed E-state index contributed by atoms with van der Waals surface area (Å²) in [7, 11) is 0. The van der Waals surface area contributed by atoms with Gasteiger partial charge < -0.3 is 8.83 Å². The maximum absolute atomic E-state index is 6.58. The van der Waals surface area contributed by atoms with Crippen LogP contribution in [-0.2, 0) is 0 Å². The van der Waals surface area contributed by atoms with Gasteiger partial charge in [0.2, 0.25) is 0 Å². The third-order valence-electron chi connectivity index (χ3n) is 9.66. The lowest BCUT2D eigenvalue weighted by Gasteiger charge is -2.08. The highest BCUT2D eigenvalue weighted by Crippen LogP contribution is 2.50. The van der Waals surface area contributed by atoms with Gasteiger partial charge in [-0.3, -0.25) is 0 Å². The first-order valence-corrected chi connectivity index (χ1v) is 16.0. The summed E-state index contributed by atoms with van der Waals surface area (Å²) < 4.78 is 12.8. The first kappa shape index (κ1) is 25.6. The van der Waals surface area contributed by atoms with E-state index in [2.05, 4.69) is 72.8 Å². The molecule has 0 spiro atoms. The molecule has 11 rings (SSSR count). The van der Waals surface area contributed by atoms with Crippen LogP contribution in [0.2, 0.25) is 0 Å². The molecule has 222 valence electrons. The summed E-state index contributed by atoms with van der Waals surface area (Å²) in [5.74, 6) is 1.79. The highest BCUT2D eigenvalue weighted by atomic mass is 16.3. The average molecular weight is 614 g/mol. The number of fused-ring (bicyclic) bond motifs is 10. The van der Waals surface area contributed by atoms with Crippen LogP contribution in [-0.4, -0.2) is 15.0 Å². The molecule has 0 saturated heterocycles.